The Bertz CT molecular complexity index is 581. The van der Waals surface area contributed by atoms with Gasteiger partial charge in [0.25, 0.3) is 11.8 Å². The van der Waals surface area contributed by atoms with E-state index in [1.54, 1.807) is 24.3 Å². The summed E-state index contributed by atoms with van der Waals surface area (Å²) >= 11 is 0. The maximum Gasteiger partial charge on any atom is 0.251 e. The number of halogens is 1. The Kier molecular flexibility index (Phi) is 7.90. The predicted molar refractivity (Wildman–Crippen MR) is 103 cm³/mol. The van der Waals surface area contributed by atoms with Crippen molar-refractivity contribution >= 4 is 24.2 Å². The molecule has 1 fully saturated rings. The van der Waals surface area contributed by atoms with Crippen molar-refractivity contribution in [3.05, 3.63) is 35.4 Å². The number of carbonyl (C=O) groups excluding carboxylic acids is 2. The number of carbonyl (C=O) groups is 2. The molecule has 0 radical (unpaired) electrons. The van der Waals surface area contributed by atoms with Gasteiger partial charge >= 0.3 is 0 Å². The van der Waals surface area contributed by atoms with Crippen LogP contribution in [-0.2, 0) is 0 Å². The molecule has 5 nitrogen and oxygen atoms in total. The number of benzene rings is 1. The van der Waals surface area contributed by atoms with E-state index in [1.807, 2.05) is 0 Å². The van der Waals surface area contributed by atoms with E-state index in [2.05, 4.69) is 43.6 Å². The Morgan fingerprint density at radius 1 is 1.12 bits per heavy atom. The van der Waals surface area contributed by atoms with E-state index >= 15 is 0 Å². The normalized spacial score (nSPS) is 20.3. The maximum absolute atomic E-state index is 12.3. The lowest BCUT2D eigenvalue weighted by Gasteiger charge is -2.28. The summed E-state index contributed by atoms with van der Waals surface area (Å²) in [6.07, 6.45) is 1.89. The lowest BCUT2D eigenvalue weighted by molar-refractivity contribution is 0.0919. The van der Waals surface area contributed by atoms with Crippen molar-refractivity contribution in [2.24, 2.45) is 5.41 Å². The summed E-state index contributed by atoms with van der Waals surface area (Å²) in [7, 11) is 0. The van der Waals surface area contributed by atoms with Gasteiger partial charge in [-0.1, -0.05) is 20.8 Å². The fraction of sp³-hybridized carbons (Fsp3) is 0.579. The third-order valence-electron chi connectivity index (χ3n) is 4.15. The van der Waals surface area contributed by atoms with Crippen molar-refractivity contribution in [1.82, 2.24) is 16.0 Å². The topological polar surface area (TPSA) is 70.2 Å². The summed E-state index contributed by atoms with van der Waals surface area (Å²) < 4.78 is 0. The van der Waals surface area contributed by atoms with Gasteiger partial charge in [-0.25, -0.2) is 0 Å². The molecular weight excluding hydrogens is 338 g/mol. The minimum Gasteiger partial charge on any atom is -0.352 e. The van der Waals surface area contributed by atoms with E-state index in [-0.39, 0.29) is 35.7 Å². The summed E-state index contributed by atoms with van der Waals surface area (Å²) in [5.74, 6) is -0.181. The zero-order valence-electron chi connectivity index (χ0n) is 15.5. The van der Waals surface area contributed by atoms with Gasteiger partial charge in [0.2, 0.25) is 0 Å². The van der Waals surface area contributed by atoms with Crippen LogP contribution in [-0.4, -0.2) is 37.0 Å². The first-order chi connectivity index (χ1) is 11.2. The van der Waals surface area contributed by atoms with Crippen LogP contribution >= 0.6 is 12.4 Å². The lowest BCUT2D eigenvalue weighted by atomic mass is 9.97. The first kappa shape index (κ1) is 21.5. The average molecular weight is 368 g/mol. The SMILES string of the molecule is CC1CC(NC(=O)c2ccc(C(=O)NCC(C)(C)C)cc2)CCN1.Cl. The second-order valence-corrected chi connectivity index (χ2v) is 7.87. The highest BCUT2D eigenvalue weighted by Crippen LogP contribution is 2.12. The van der Waals surface area contributed by atoms with Gasteiger partial charge in [-0.05, 0) is 56.0 Å². The monoisotopic (exact) mass is 367 g/mol. The molecule has 6 heteroatoms. The molecule has 0 saturated carbocycles. The molecule has 25 heavy (non-hydrogen) atoms. The Morgan fingerprint density at radius 3 is 2.20 bits per heavy atom. The van der Waals surface area contributed by atoms with Crippen LogP contribution in [0.3, 0.4) is 0 Å². The zero-order valence-corrected chi connectivity index (χ0v) is 16.3. The highest BCUT2D eigenvalue weighted by Gasteiger charge is 2.20. The molecule has 1 aliphatic rings. The maximum atomic E-state index is 12.3. The molecule has 3 N–H and O–H groups in total. The minimum absolute atomic E-state index is 0. The summed E-state index contributed by atoms with van der Waals surface area (Å²) in [6, 6.07) is 7.48. The second kappa shape index (κ2) is 9.20. The van der Waals surface area contributed by atoms with Gasteiger partial charge in [0, 0.05) is 29.8 Å². The van der Waals surface area contributed by atoms with Crippen LogP contribution in [0.25, 0.3) is 0 Å². The molecule has 0 bridgehead atoms. The van der Waals surface area contributed by atoms with Crippen LogP contribution in [0.4, 0.5) is 0 Å². The standard InChI is InChI=1S/C19H29N3O2.ClH/c1-13-11-16(9-10-20-13)22-18(24)15-7-5-14(6-8-15)17(23)21-12-19(2,3)4;/h5-8,13,16,20H,9-12H2,1-4H3,(H,21,23)(H,22,24);1H. The summed E-state index contributed by atoms with van der Waals surface area (Å²) in [6.45, 7) is 9.89. The number of hydrogen-bond acceptors (Lipinski definition) is 3. The minimum atomic E-state index is -0.107. The Hall–Kier alpha value is -1.59. The van der Waals surface area contributed by atoms with Gasteiger partial charge in [0.1, 0.15) is 0 Å². The molecule has 2 rings (SSSR count). The zero-order chi connectivity index (χ0) is 17.7. The summed E-state index contributed by atoms with van der Waals surface area (Å²) in [5, 5.41) is 9.36. The van der Waals surface area contributed by atoms with Crippen molar-refractivity contribution < 1.29 is 9.59 Å². The molecule has 140 valence electrons. The second-order valence-electron chi connectivity index (χ2n) is 7.87. The molecule has 2 atom stereocenters. The third-order valence-corrected chi connectivity index (χ3v) is 4.15. The van der Waals surface area contributed by atoms with Gasteiger partial charge in [0.05, 0.1) is 0 Å². The van der Waals surface area contributed by atoms with Crippen LogP contribution in [0.15, 0.2) is 24.3 Å². The molecular formula is C19H30ClN3O2. The van der Waals surface area contributed by atoms with E-state index in [0.717, 1.165) is 19.4 Å². The number of amides is 2. The fourth-order valence-corrected chi connectivity index (χ4v) is 2.75. The number of hydrogen-bond donors (Lipinski definition) is 3. The van der Waals surface area contributed by atoms with Crippen LogP contribution in [0.5, 0.6) is 0 Å². The molecule has 0 aliphatic carbocycles. The molecule has 1 heterocycles. The number of piperidine rings is 1. The molecule has 0 aromatic heterocycles. The van der Waals surface area contributed by atoms with E-state index in [9.17, 15) is 9.59 Å². The summed E-state index contributed by atoms with van der Waals surface area (Å²) in [4.78, 5) is 24.4. The predicted octanol–water partition coefficient (Wildman–Crippen LogP) is 2.75. The Labute approximate surface area is 156 Å². The van der Waals surface area contributed by atoms with Crippen molar-refractivity contribution in [2.45, 2.75) is 52.6 Å². The van der Waals surface area contributed by atoms with Crippen molar-refractivity contribution in [2.75, 3.05) is 13.1 Å². The van der Waals surface area contributed by atoms with E-state index < -0.39 is 0 Å². The van der Waals surface area contributed by atoms with Gasteiger partial charge in [-0.3, -0.25) is 9.59 Å². The first-order valence-corrected chi connectivity index (χ1v) is 8.67. The number of nitrogens with one attached hydrogen (secondary N) is 3. The first-order valence-electron chi connectivity index (χ1n) is 8.67. The van der Waals surface area contributed by atoms with Crippen molar-refractivity contribution in [3.8, 4) is 0 Å². The fourth-order valence-electron chi connectivity index (χ4n) is 2.75. The summed E-state index contributed by atoms with van der Waals surface area (Å²) in [5.41, 5.74) is 1.21. The third kappa shape index (κ3) is 7.04. The van der Waals surface area contributed by atoms with Crippen LogP contribution in [0, 0.1) is 5.41 Å². The Morgan fingerprint density at radius 2 is 1.68 bits per heavy atom. The smallest absolute Gasteiger partial charge is 0.251 e. The molecule has 2 unspecified atom stereocenters. The van der Waals surface area contributed by atoms with Gasteiger partial charge < -0.3 is 16.0 Å². The van der Waals surface area contributed by atoms with Crippen LogP contribution in [0.1, 0.15) is 61.3 Å². The Balaban J connectivity index is 0.00000312. The average Bonchev–Trinajstić information content (AvgIpc) is 2.52. The highest BCUT2D eigenvalue weighted by molar-refractivity contribution is 5.97. The van der Waals surface area contributed by atoms with Crippen LogP contribution < -0.4 is 16.0 Å². The lowest BCUT2D eigenvalue weighted by Crippen LogP contribution is -2.46. The highest BCUT2D eigenvalue weighted by atomic mass is 35.5. The van der Waals surface area contributed by atoms with E-state index in [4.69, 9.17) is 0 Å². The molecule has 1 saturated heterocycles. The van der Waals surface area contributed by atoms with Gasteiger partial charge in [-0.2, -0.15) is 0 Å². The van der Waals surface area contributed by atoms with Gasteiger partial charge in [0.15, 0.2) is 0 Å². The molecule has 1 aliphatic heterocycles. The van der Waals surface area contributed by atoms with Crippen LogP contribution in [0.2, 0.25) is 0 Å². The quantitative estimate of drug-likeness (QED) is 0.766. The van der Waals surface area contributed by atoms with E-state index in [1.165, 1.54) is 0 Å². The molecule has 1 aromatic carbocycles. The number of rotatable bonds is 4. The molecule has 0 spiro atoms. The molecule has 2 amide bonds. The van der Waals surface area contributed by atoms with Crippen molar-refractivity contribution in [1.29, 1.82) is 0 Å². The van der Waals surface area contributed by atoms with E-state index in [0.29, 0.717) is 23.7 Å². The van der Waals surface area contributed by atoms with Crippen molar-refractivity contribution in [3.63, 3.8) is 0 Å². The largest absolute Gasteiger partial charge is 0.352 e. The molecule has 1 aromatic rings. The van der Waals surface area contributed by atoms with Gasteiger partial charge in [-0.15, -0.1) is 12.4 Å².